The Kier molecular flexibility index (Phi) is 3.98. The fraction of sp³-hybridized carbons (Fsp3) is 0.250. The van der Waals surface area contributed by atoms with Crippen LogP contribution in [0.3, 0.4) is 0 Å². The number of alkyl halides is 1. The first-order valence-electron chi connectivity index (χ1n) is 3.70. The number of aliphatic carboxylic acids is 1. The molecule has 0 bridgehead atoms. The van der Waals surface area contributed by atoms with E-state index < -0.39 is 11.3 Å². The second-order valence-electron chi connectivity index (χ2n) is 2.46. The summed E-state index contributed by atoms with van der Waals surface area (Å²) in [5.41, 5.74) is 0. The lowest BCUT2D eigenvalue weighted by molar-refractivity contribution is -0.137. The summed E-state index contributed by atoms with van der Waals surface area (Å²) < 4.78 is 5.05. The van der Waals surface area contributed by atoms with Gasteiger partial charge in [0.25, 0.3) is 0 Å². The van der Waals surface area contributed by atoms with Gasteiger partial charge in [0.15, 0.2) is 5.38 Å². The zero-order chi connectivity index (χ0) is 10.6. The Bertz CT molecular complexity index is 332. The van der Waals surface area contributed by atoms with Gasteiger partial charge in [0.1, 0.15) is 12.4 Å². The Morgan fingerprint density at radius 3 is 2.93 bits per heavy atom. The summed E-state index contributed by atoms with van der Waals surface area (Å²) in [6.07, 6.45) is 2.88. The lowest BCUT2D eigenvalue weighted by atomic mass is 10.4. The van der Waals surface area contributed by atoms with Crippen LogP contribution in [0.25, 0.3) is 0 Å². The summed E-state index contributed by atoms with van der Waals surface area (Å²) in [6, 6.07) is 1.53. The van der Waals surface area contributed by atoms with E-state index in [0.29, 0.717) is 10.8 Å². The molecule has 0 spiro atoms. The molecule has 4 nitrogen and oxygen atoms in total. The predicted molar refractivity (Wildman–Crippen MR) is 52.0 cm³/mol. The quantitative estimate of drug-likeness (QED) is 0.809. The van der Waals surface area contributed by atoms with Crippen LogP contribution in [-0.2, 0) is 4.79 Å². The van der Waals surface area contributed by atoms with Gasteiger partial charge in [0.2, 0.25) is 0 Å². The molecule has 1 rings (SSSR count). The smallest absolute Gasteiger partial charge is 0.325 e. The number of pyridine rings is 1. The molecule has 1 heterocycles. The molecule has 0 fully saturated rings. The van der Waals surface area contributed by atoms with Gasteiger partial charge >= 0.3 is 5.97 Å². The summed E-state index contributed by atoms with van der Waals surface area (Å²) >= 11 is 11.1. The van der Waals surface area contributed by atoms with Crippen LogP contribution >= 0.6 is 23.2 Å². The maximum Gasteiger partial charge on any atom is 0.325 e. The van der Waals surface area contributed by atoms with Crippen LogP contribution in [0.4, 0.5) is 0 Å². The third-order valence-electron chi connectivity index (χ3n) is 1.34. The van der Waals surface area contributed by atoms with E-state index in [1.807, 2.05) is 0 Å². The van der Waals surface area contributed by atoms with Crippen molar-refractivity contribution in [1.29, 1.82) is 0 Å². The van der Waals surface area contributed by atoms with E-state index >= 15 is 0 Å². The number of carboxylic acids is 1. The van der Waals surface area contributed by atoms with E-state index in [1.165, 1.54) is 18.5 Å². The molecule has 0 aromatic carbocycles. The molecule has 1 aromatic heterocycles. The zero-order valence-corrected chi connectivity index (χ0v) is 8.50. The molecule has 1 unspecified atom stereocenters. The summed E-state index contributed by atoms with van der Waals surface area (Å²) in [5.74, 6) is -0.731. The third-order valence-corrected chi connectivity index (χ3v) is 1.86. The van der Waals surface area contributed by atoms with Crippen molar-refractivity contribution in [3.05, 3.63) is 23.5 Å². The first kappa shape index (κ1) is 11.1. The molecule has 76 valence electrons. The maximum atomic E-state index is 10.3. The Balaban J connectivity index is 2.49. The highest BCUT2D eigenvalue weighted by atomic mass is 35.5. The van der Waals surface area contributed by atoms with Crippen molar-refractivity contribution in [2.75, 3.05) is 6.61 Å². The Hall–Kier alpha value is -1.00. The molecular formula is C8H7Cl2NO3. The van der Waals surface area contributed by atoms with Gasteiger partial charge < -0.3 is 9.84 Å². The van der Waals surface area contributed by atoms with E-state index in [-0.39, 0.29) is 6.61 Å². The number of nitrogens with zero attached hydrogens (tertiary/aromatic N) is 1. The van der Waals surface area contributed by atoms with Crippen molar-refractivity contribution in [3.63, 3.8) is 0 Å². The van der Waals surface area contributed by atoms with E-state index in [1.54, 1.807) is 0 Å². The van der Waals surface area contributed by atoms with Crippen LogP contribution in [0.15, 0.2) is 18.5 Å². The second-order valence-corrected chi connectivity index (χ2v) is 3.42. The number of aromatic nitrogens is 1. The van der Waals surface area contributed by atoms with Gasteiger partial charge in [-0.15, -0.1) is 11.6 Å². The SMILES string of the molecule is O=C(O)C(Cl)COc1cncc(Cl)c1. The molecule has 0 saturated carbocycles. The molecule has 0 radical (unpaired) electrons. The topological polar surface area (TPSA) is 59.4 Å². The Morgan fingerprint density at radius 2 is 2.36 bits per heavy atom. The number of carboxylic acid groups (broad SMARTS) is 1. The summed E-state index contributed by atoms with van der Waals surface area (Å²) in [5, 5.41) is 7.81. The van der Waals surface area contributed by atoms with E-state index in [4.69, 9.17) is 33.0 Å². The lowest BCUT2D eigenvalue weighted by Crippen LogP contribution is -2.21. The molecule has 0 amide bonds. The van der Waals surface area contributed by atoms with Crippen LogP contribution in [0.1, 0.15) is 0 Å². The van der Waals surface area contributed by atoms with Gasteiger partial charge in [0.05, 0.1) is 11.2 Å². The minimum absolute atomic E-state index is 0.126. The highest BCUT2D eigenvalue weighted by Crippen LogP contribution is 2.15. The lowest BCUT2D eigenvalue weighted by Gasteiger charge is -2.07. The van der Waals surface area contributed by atoms with Crippen molar-refractivity contribution >= 4 is 29.2 Å². The van der Waals surface area contributed by atoms with Crippen molar-refractivity contribution < 1.29 is 14.6 Å². The number of ether oxygens (including phenoxy) is 1. The first-order chi connectivity index (χ1) is 6.59. The van der Waals surface area contributed by atoms with Crippen molar-refractivity contribution in [3.8, 4) is 5.75 Å². The van der Waals surface area contributed by atoms with Crippen LogP contribution in [0, 0.1) is 0 Å². The van der Waals surface area contributed by atoms with Gasteiger partial charge in [-0.1, -0.05) is 11.6 Å². The molecule has 0 aliphatic carbocycles. The van der Waals surface area contributed by atoms with Crippen molar-refractivity contribution in [2.45, 2.75) is 5.38 Å². The molecule has 0 aliphatic rings. The fourth-order valence-corrected chi connectivity index (χ4v) is 0.939. The highest BCUT2D eigenvalue weighted by Gasteiger charge is 2.14. The standard InChI is InChI=1S/C8H7Cl2NO3/c9-5-1-6(3-11-2-5)14-4-7(10)8(12)13/h1-3,7H,4H2,(H,12,13). The zero-order valence-electron chi connectivity index (χ0n) is 6.98. The predicted octanol–water partition coefficient (Wildman–Crippen LogP) is 1.81. The third kappa shape index (κ3) is 3.40. The Labute approximate surface area is 90.4 Å². The minimum atomic E-state index is -1.12. The molecule has 1 atom stereocenters. The highest BCUT2D eigenvalue weighted by molar-refractivity contribution is 6.30. The van der Waals surface area contributed by atoms with E-state index in [2.05, 4.69) is 4.98 Å². The molecule has 0 aliphatic heterocycles. The van der Waals surface area contributed by atoms with Gasteiger partial charge in [-0.25, -0.2) is 0 Å². The summed E-state index contributed by atoms with van der Waals surface area (Å²) in [4.78, 5) is 14.1. The van der Waals surface area contributed by atoms with E-state index in [9.17, 15) is 4.79 Å². The van der Waals surface area contributed by atoms with Gasteiger partial charge in [-0.05, 0) is 0 Å². The second kappa shape index (κ2) is 5.02. The largest absolute Gasteiger partial charge is 0.490 e. The van der Waals surface area contributed by atoms with Crippen LogP contribution in [0.2, 0.25) is 5.02 Å². The molecule has 1 N–H and O–H groups in total. The van der Waals surface area contributed by atoms with Gasteiger partial charge in [-0.2, -0.15) is 0 Å². The Morgan fingerprint density at radius 1 is 1.64 bits per heavy atom. The van der Waals surface area contributed by atoms with Crippen molar-refractivity contribution in [1.82, 2.24) is 4.98 Å². The number of rotatable bonds is 4. The molecule has 6 heteroatoms. The summed E-state index contributed by atoms with van der Waals surface area (Å²) in [7, 11) is 0. The molecule has 14 heavy (non-hydrogen) atoms. The summed E-state index contributed by atoms with van der Waals surface area (Å²) in [6.45, 7) is -0.126. The fourth-order valence-electron chi connectivity index (χ4n) is 0.712. The first-order valence-corrected chi connectivity index (χ1v) is 4.51. The monoisotopic (exact) mass is 235 g/mol. The number of hydrogen-bond donors (Lipinski definition) is 1. The number of hydrogen-bond acceptors (Lipinski definition) is 3. The molecule has 0 saturated heterocycles. The molecular weight excluding hydrogens is 229 g/mol. The van der Waals surface area contributed by atoms with Gasteiger partial charge in [0, 0.05) is 12.3 Å². The van der Waals surface area contributed by atoms with Crippen LogP contribution < -0.4 is 4.74 Å². The van der Waals surface area contributed by atoms with Gasteiger partial charge in [-0.3, -0.25) is 9.78 Å². The van der Waals surface area contributed by atoms with Crippen LogP contribution in [0.5, 0.6) is 5.75 Å². The minimum Gasteiger partial charge on any atom is -0.490 e. The number of carbonyl (C=O) groups is 1. The number of halogens is 2. The van der Waals surface area contributed by atoms with Crippen molar-refractivity contribution in [2.24, 2.45) is 0 Å². The van der Waals surface area contributed by atoms with Crippen LogP contribution in [-0.4, -0.2) is 28.0 Å². The maximum absolute atomic E-state index is 10.3. The average Bonchev–Trinajstić information content (AvgIpc) is 2.14. The average molecular weight is 236 g/mol. The van der Waals surface area contributed by atoms with E-state index in [0.717, 1.165) is 0 Å². The normalized spacial score (nSPS) is 12.1. The molecule has 1 aromatic rings.